The average Bonchev–Trinajstić information content (AvgIpc) is 3.12. The number of nitrogens with zero attached hydrogens (tertiary/aromatic N) is 1. The van der Waals surface area contributed by atoms with Crippen molar-refractivity contribution in [1.82, 2.24) is 5.16 Å². The van der Waals surface area contributed by atoms with E-state index in [0.29, 0.717) is 15.8 Å². The fourth-order valence-electron chi connectivity index (χ4n) is 1.93. The van der Waals surface area contributed by atoms with Gasteiger partial charge in [-0.15, -0.1) is 11.3 Å². The Kier molecular flexibility index (Phi) is 4.07. The van der Waals surface area contributed by atoms with Crippen LogP contribution in [0.2, 0.25) is 0 Å². The highest BCUT2D eigenvalue weighted by atomic mass is 32.1. The van der Waals surface area contributed by atoms with Gasteiger partial charge in [-0.25, -0.2) is 9.18 Å². The van der Waals surface area contributed by atoms with Crippen LogP contribution in [0.5, 0.6) is 0 Å². The molecule has 0 atom stereocenters. The molecule has 0 saturated heterocycles. The molecule has 0 spiro atoms. The van der Waals surface area contributed by atoms with Crippen LogP contribution >= 0.6 is 11.3 Å². The van der Waals surface area contributed by atoms with Gasteiger partial charge in [-0.05, 0) is 25.1 Å². The van der Waals surface area contributed by atoms with Crippen LogP contribution in [0.4, 0.5) is 10.2 Å². The summed E-state index contributed by atoms with van der Waals surface area (Å²) in [6, 6.07) is 7.54. The number of ether oxygens (including phenoxy) is 1. The second-order valence-corrected chi connectivity index (χ2v) is 5.79. The molecule has 0 bridgehead atoms. The van der Waals surface area contributed by atoms with Crippen molar-refractivity contribution < 1.29 is 23.2 Å². The number of fused-ring (bicyclic) bond motifs is 1. The molecule has 3 aromatic rings. The van der Waals surface area contributed by atoms with Crippen molar-refractivity contribution in [1.29, 1.82) is 0 Å². The molecule has 0 fully saturated rings. The number of halogens is 1. The maximum absolute atomic E-state index is 13.6. The second kappa shape index (κ2) is 6.17. The number of esters is 1. The first-order chi connectivity index (χ1) is 11.0. The molecule has 0 aliphatic heterocycles. The van der Waals surface area contributed by atoms with Crippen molar-refractivity contribution in [3.63, 3.8) is 0 Å². The first kappa shape index (κ1) is 15.2. The van der Waals surface area contributed by atoms with E-state index < -0.39 is 24.3 Å². The first-order valence-electron chi connectivity index (χ1n) is 6.61. The summed E-state index contributed by atoms with van der Waals surface area (Å²) in [5.74, 6) is -0.843. The lowest BCUT2D eigenvalue weighted by Crippen LogP contribution is -2.20. The van der Waals surface area contributed by atoms with Gasteiger partial charge in [0, 0.05) is 16.2 Å². The lowest BCUT2D eigenvalue weighted by Gasteiger charge is -2.02. The van der Waals surface area contributed by atoms with E-state index in [1.165, 1.54) is 18.2 Å². The van der Waals surface area contributed by atoms with Crippen LogP contribution in [0.3, 0.4) is 0 Å². The number of hydrogen-bond donors (Lipinski definition) is 1. The monoisotopic (exact) mass is 334 g/mol. The number of carbonyl (C=O) groups is 2. The first-order valence-corrected chi connectivity index (χ1v) is 7.43. The number of anilines is 1. The lowest BCUT2D eigenvalue weighted by molar-refractivity contribution is -0.119. The van der Waals surface area contributed by atoms with Crippen LogP contribution in [0.15, 0.2) is 34.9 Å². The molecular weight excluding hydrogens is 323 g/mol. The molecule has 0 unspecified atom stereocenters. The zero-order valence-electron chi connectivity index (χ0n) is 12.0. The molecule has 1 aromatic carbocycles. The van der Waals surface area contributed by atoms with Crippen LogP contribution in [0.25, 0.3) is 10.1 Å². The fourth-order valence-corrected chi connectivity index (χ4v) is 2.90. The van der Waals surface area contributed by atoms with Crippen molar-refractivity contribution in [2.24, 2.45) is 0 Å². The third kappa shape index (κ3) is 3.37. The van der Waals surface area contributed by atoms with Gasteiger partial charge in [0.25, 0.3) is 5.91 Å². The smallest absolute Gasteiger partial charge is 0.348 e. The molecule has 1 amide bonds. The number of hydrogen-bond acceptors (Lipinski definition) is 6. The molecule has 1 N–H and O–H groups in total. The van der Waals surface area contributed by atoms with Gasteiger partial charge >= 0.3 is 5.97 Å². The van der Waals surface area contributed by atoms with E-state index in [2.05, 4.69) is 10.5 Å². The molecule has 6 nitrogen and oxygen atoms in total. The molecular formula is C15H11FN2O4S. The van der Waals surface area contributed by atoms with Gasteiger partial charge in [-0.2, -0.15) is 0 Å². The summed E-state index contributed by atoms with van der Waals surface area (Å²) in [4.78, 5) is 23.8. The third-order valence-electron chi connectivity index (χ3n) is 2.94. The number of amides is 1. The van der Waals surface area contributed by atoms with Gasteiger partial charge in [0.05, 0.1) is 0 Å². The number of thiophene rings is 1. The van der Waals surface area contributed by atoms with Crippen LogP contribution < -0.4 is 5.32 Å². The Morgan fingerprint density at radius 1 is 1.39 bits per heavy atom. The van der Waals surface area contributed by atoms with E-state index in [1.807, 2.05) is 0 Å². The molecule has 23 heavy (non-hydrogen) atoms. The summed E-state index contributed by atoms with van der Waals surface area (Å²) >= 11 is 1.10. The van der Waals surface area contributed by atoms with E-state index in [9.17, 15) is 14.0 Å². The summed E-state index contributed by atoms with van der Waals surface area (Å²) in [6.07, 6.45) is 0. The second-order valence-electron chi connectivity index (χ2n) is 4.71. The minimum absolute atomic E-state index is 0.232. The predicted octanol–water partition coefficient (Wildman–Crippen LogP) is 3.13. The number of carbonyl (C=O) groups excluding carboxylic acids is 2. The summed E-state index contributed by atoms with van der Waals surface area (Å²) in [5, 5.41) is 6.37. The van der Waals surface area contributed by atoms with E-state index in [-0.39, 0.29) is 10.7 Å². The van der Waals surface area contributed by atoms with Crippen molar-refractivity contribution in [3.8, 4) is 0 Å². The minimum Gasteiger partial charge on any atom is -0.451 e. The van der Waals surface area contributed by atoms with Crippen molar-refractivity contribution in [2.45, 2.75) is 6.92 Å². The van der Waals surface area contributed by atoms with Gasteiger partial charge < -0.3 is 14.6 Å². The summed E-state index contributed by atoms with van der Waals surface area (Å²) in [7, 11) is 0. The molecule has 3 rings (SSSR count). The van der Waals surface area contributed by atoms with Gasteiger partial charge in [-0.3, -0.25) is 4.79 Å². The van der Waals surface area contributed by atoms with Crippen molar-refractivity contribution in [2.75, 3.05) is 11.9 Å². The molecule has 0 aliphatic carbocycles. The summed E-state index contributed by atoms with van der Waals surface area (Å²) < 4.78 is 24.0. The van der Waals surface area contributed by atoms with Gasteiger partial charge in [0.1, 0.15) is 16.5 Å². The Hall–Kier alpha value is -2.74. The van der Waals surface area contributed by atoms with Gasteiger partial charge in [0.15, 0.2) is 12.4 Å². The highest BCUT2D eigenvalue weighted by molar-refractivity contribution is 7.20. The Balaban J connectivity index is 1.62. The normalized spacial score (nSPS) is 10.7. The predicted molar refractivity (Wildman–Crippen MR) is 81.9 cm³/mol. The fraction of sp³-hybridized carbons (Fsp3) is 0.133. The van der Waals surface area contributed by atoms with Gasteiger partial charge in [-0.1, -0.05) is 11.2 Å². The number of rotatable bonds is 4. The highest BCUT2D eigenvalue weighted by Crippen LogP contribution is 2.28. The van der Waals surface area contributed by atoms with Crippen LogP contribution in [0.1, 0.15) is 15.4 Å². The molecule has 2 heterocycles. The SMILES string of the molecule is Cc1cc(NC(=O)COC(=O)c2cc3c(F)cccc3s2)no1. The highest BCUT2D eigenvalue weighted by Gasteiger charge is 2.15. The van der Waals surface area contributed by atoms with Crippen molar-refractivity contribution >= 4 is 39.1 Å². The number of aromatic nitrogens is 1. The Morgan fingerprint density at radius 3 is 2.91 bits per heavy atom. The van der Waals surface area contributed by atoms with Crippen LogP contribution in [-0.4, -0.2) is 23.6 Å². The van der Waals surface area contributed by atoms with Gasteiger partial charge in [0.2, 0.25) is 0 Å². The van der Waals surface area contributed by atoms with Crippen LogP contribution in [0, 0.1) is 12.7 Å². The minimum atomic E-state index is -0.683. The Morgan fingerprint density at radius 2 is 2.22 bits per heavy atom. The molecule has 2 aromatic heterocycles. The number of aryl methyl sites for hydroxylation is 1. The van der Waals surface area contributed by atoms with Crippen molar-refractivity contribution in [3.05, 3.63) is 46.8 Å². The van der Waals surface area contributed by atoms with E-state index in [4.69, 9.17) is 9.26 Å². The largest absolute Gasteiger partial charge is 0.451 e. The molecule has 118 valence electrons. The Labute approximate surface area is 133 Å². The molecule has 0 saturated carbocycles. The maximum Gasteiger partial charge on any atom is 0.348 e. The average molecular weight is 334 g/mol. The Bertz CT molecular complexity index is 887. The van der Waals surface area contributed by atoms with E-state index in [0.717, 1.165) is 11.3 Å². The van der Waals surface area contributed by atoms with Crippen LogP contribution in [-0.2, 0) is 9.53 Å². The molecule has 8 heteroatoms. The maximum atomic E-state index is 13.6. The lowest BCUT2D eigenvalue weighted by atomic mass is 10.2. The number of benzene rings is 1. The number of nitrogens with one attached hydrogen (secondary N) is 1. The third-order valence-corrected chi connectivity index (χ3v) is 4.02. The topological polar surface area (TPSA) is 81.4 Å². The van der Waals surface area contributed by atoms with E-state index in [1.54, 1.807) is 19.1 Å². The molecule has 0 aliphatic rings. The quantitative estimate of drug-likeness (QED) is 0.741. The molecule has 0 radical (unpaired) electrons. The summed E-state index contributed by atoms with van der Waals surface area (Å²) in [5.41, 5.74) is 0. The summed E-state index contributed by atoms with van der Waals surface area (Å²) in [6.45, 7) is 1.21. The zero-order chi connectivity index (χ0) is 16.4. The standard InChI is InChI=1S/C15H11FN2O4S/c1-8-5-13(18-22-8)17-14(19)7-21-15(20)12-6-9-10(16)3-2-4-11(9)23-12/h2-6H,7H2,1H3,(H,17,18,19). The zero-order valence-corrected chi connectivity index (χ0v) is 12.8. The van der Waals surface area contributed by atoms with E-state index >= 15 is 0 Å².